The second-order valence-electron chi connectivity index (χ2n) is 7.51. The van der Waals surface area contributed by atoms with E-state index in [0.717, 1.165) is 11.6 Å². The fourth-order valence-corrected chi connectivity index (χ4v) is 3.88. The molecule has 4 nitrogen and oxygen atoms in total. The van der Waals surface area contributed by atoms with Gasteiger partial charge >= 0.3 is 0 Å². The number of hydrogen-bond acceptors (Lipinski definition) is 3. The van der Waals surface area contributed by atoms with Crippen LogP contribution < -0.4 is 5.73 Å². The van der Waals surface area contributed by atoms with E-state index in [1.54, 1.807) is 14.0 Å². The largest absolute Gasteiger partial charge is 0.369 e. The summed E-state index contributed by atoms with van der Waals surface area (Å²) in [5.41, 5.74) is 6.78. The summed E-state index contributed by atoms with van der Waals surface area (Å²) >= 11 is 0. The van der Waals surface area contributed by atoms with Crippen LogP contribution in [0.1, 0.15) is 48.3 Å². The van der Waals surface area contributed by atoms with Crippen molar-refractivity contribution in [2.75, 3.05) is 7.05 Å². The number of hydrogen-bond donors (Lipinski definition) is 1. The Bertz CT molecular complexity index is 937. The van der Waals surface area contributed by atoms with Crippen LogP contribution in [0.25, 0.3) is 0 Å². The van der Waals surface area contributed by atoms with Gasteiger partial charge in [-0.15, -0.1) is 0 Å². The number of rotatable bonds is 3. The molecule has 1 amide bonds. The number of amides is 1. The molecule has 1 heterocycles. The highest BCUT2D eigenvalue weighted by Crippen LogP contribution is 2.46. The molecule has 1 aliphatic carbocycles. The predicted molar refractivity (Wildman–Crippen MR) is 99.3 cm³/mol. The Kier molecular flexibility index (Phi) is 4.02. The molecule has 140 valence electrons. The summed E-state index contributed by atoms with van der Waals surface area (Å²) in [6.45, 7) is 1.67. The molecule has 2 atom stereocenters. The number of benzene rings is 2. The highest BCUT2D eigenvalue weighted by molar-refractivity contribution is 6.02. The van der Waals surface area contributed by atoms with Gasteiger partial charge in [0.2, 0.25) is 5.91 Å². The van der Waals surface area contributed by atoms with Gasteiger partial charge in [-0.3, -0.25) is 9.69 Å². The van der Waals surface area contributed by atoms with Crippen LogP contribution in [0.2, 0.25) is 0 Å². The Hall–Kier alpha value is -2.76. The lowest BCUT2D eigenvalue weighted by molar-refractivity contribution is -0.130. The zero-order valence-corrected chi connectivity index (χ0v) is 15.2. The van der Waals surface area contributed by atoms with Gasteiger partial charge in [0.15, 0.2) is 5.96 Å². The SMILES string of the molecule is CN1C(=O)[C@H](c2ccc(C3CC3)cc2)[C@@](C)(c2ccc(F)cc2F)N=C1N. The van der Waals surface area contributed by atoms with Gasteiger partial charge in [-0.1, -0.05) is 30.3 Å². The number of halogens is 2. The van der Waals surface area contributed by atoms with Crippen LogP contribution in [-0.2, 0) is 10.3 Å². The zero-order chi connectivity index (χ0) is 19.3. The van der Waals surface area contributed by atoms with Crippen LogP contribution in [0.4, 0.5) is 8.78 Å². The minimum atomic E-state index is -1.27. The van der Waals surface area contributed by atoms with Crippen molar-refractivity contribution in [3.8, 4) is 0 Å². The minimum absolute atomic E-state index is 0.0112. The van der Waals surface area contributed by atoms with Crippen LogP contribution in [0.15, 0.2) is 47.5 Å². The fourth-order valence-electron chi connectivity index (χ4n) is 3.88. The van der Waals surface area contributed by atoms with Gasteiger partial charge in [-0.25, -0.2) is 13.8 Å². The first-order chi connectivity index (χ1) is 12.8. The summed E-state index contributed by atoms with van der Waals surface area (Å²) in [6.07, 6.45) is 2.37. The van der Waals surface area contributed by atoms with Gasteiger partial charge < -0.3 is 5.73 Å². The topological polar surface area (TPSA) is 58.7 Å². The maximum Gasteiger partial charge on any atom is 0.239 e. The van der Waals surface area contributed by atoms with Crippen LogP contribution in [0.3, 0.4) is 0 Å². The molecule has 1 fully saturated rings. The third-order valence-corrected chi connectivity index (χ3v) is 5.63. The second kappa shape index (κ2) is 6.15. The molecule has 0 unspecified atom stereocenters. The van der Waals surface area contributed by atoms with Gasteiger partial charge in [0.05, 0.1) is 5.92 Å². The van der Waals surface area contributed by atoms with Crippen LogP contribution in [0.5, 0.6) is 0 Å². The van der Waals surface area contributed by atoms with Gasteiger partial charge in [0.1, 0.15) is 17.2 Å². The third-order valence-electron chi connectivity index (χ3n) is 5.63. The minimum Gasteiger partial charge on any atom is -0.369 e. The number of carbonyl (C=O) groups excluding carboxylic acids is 1. The third kappa shape index (κ3) is 2.89. The first kappa shape index (κ1) is 17.6. The quantitative estimate of drug-likeness (QED) is 0.898. The smallest absolute Gasteiger partial charge is 0.239 e. The Morgan fingerprint density at radius 3 is 2.33 bits per heavy atom. The summed E-state index contributed by atoms with van der Waals surface area (Å²) in [4.78, 5) is 18.9. The van der Waals surface area contributed by atoms with Crippen LogP contribution in [0, 0.1) is 11.6 Å². The second-order valence-corrected chi connectivity index (χ2v) is 7.51. The maximum absolute atomic E-state index is 14.6. The van der Waals surface area contributed by atoms with Crippen molar-refractivity contribution in [1.29, 1.82) is 0 Å². The molecule has 4 rings (SSSR count). The highest BCUT2D eigenvalue weighted by Gasteiger charge is 2.48. The molecule has 1 aliphatic heterocycles. The van der Waals surface area contributed by atoms with Gasteiger partial charge in [-0.2, -0.15) is 0 Å². The molecule has 2 aromatic carbocycles. The predicted octanol–water partition coefficient (Wildman–Crippen LogP) is 3.63. The van der Waals surface area contributed by atoms with E-state index in [2.05, 4.69) is 4.99 Å². The van der Waals surface area contributed by atoms with Crippen molar-refractivity contribution in [3.05, 3.63) is 70.8 Å². The fraction of sp³-hybridized carbons (Fsp3) is 0.333. The van der Waals surface area contributed by atoms with E-state index in [-0.39, 0.29) is 17.4 Å². The summed E-state index contributed by atoms with van der Waals surface area (Å²) in [5, 5.41) is 0. The first-order valence-electron chi connectivity index (χ1n) is 8.99. The standard InChI is InChI=1S/C21H21F2N3O/c1-21(16-10-9-15(22)11-17(16)23)18(19(27)26(2)20(24)25-21)14-7-5-13(6-8-14)12-3-4-12/h5-12,18H,3-4H2,1-2H3,(H2,24,25)/t18-,21+/m0/s1. The summed E-state index contributed by atoms with van der Waals surface area (Å²) < 4.78 is 28.0. The summed E-state index contributed by atoms with van der Waals surface area (Å²) in [5.74, 6) is -1.85. The Morgan fingerprint density at radius 1 is 1.11 bits per heavy atom. The Labute approximate surface area is 156 Å². The van der Waals surface area contributed by atoms with E-state index in [4.69, 9.17) is 5.73 Å². The van der Waals surface area contributed by atoms with Gasteiger partial charge in [0.25, 0.3) is 0 Å². The van der Waals surface area contributed by atoms with Gasteiger partial charge in [-0.05, 0) is 42.9 Å². The summed E-state index contributed by atoms with van der Waals surface area (Å²) in [6, 6.07) is 11.2. The number of nitrogens with two attached hydrogens (primary N) is 1. The number of carbonyl (C=O) groups is 1. The Morgan fingerprint density at radius 2 is 1.74 bits per heavy atom. The van der Waals surface area contributed by atoms with E-state index in [1.807, 2.05) is 24.3 Å². The normalized spacial score (nSPS) is 25.5. The van der Waals surface area contributed by atoms with E-state index in [9.17, 15) is 13.6 Å². The van der Waals surface area contributed by atoms with E-state index >= 15 is 0 Å². The molecule has 6 heteroatoms. The highest BCUT2D eigenvalue weighted by atomic mass is 19.1. The average Bonchev–Trinajstić information content (AvgIpc) is 3.45. The molecular formula is C21H21F2N3O. The average molecular weight is 369 g/mol. The van der Waals surface area contributed by atoms with Crippen molar-refractivity contribution in [2.45, 2.75) is 37.1 Å². The lowest BCUT2D eigenvalue weighted by Crippen LogP contribution is -2.52. The molecule has 2 aromatic rings. The van der Waals surface area contributed by atoms with Crippen molar-refractivity contribution >= 4 is 11.9 Å². The number of likely N-dealkylation sites (N-methyl/N-ethyl adjacent to an activating group) is 1. The van der Waals surface area contributed by atoms with Crippen molar-refractivity contribution in [1.82, 2.24) is 4.90 Å². The maximum atomic E-state index is 14.6. The number of guanidine groups is 1. The molecule has 0 spiro atoms. The Balaban J connectivity index is 1.86. The van der Waals surface area contributed by atoms with E-state index in [0.29, 0.717) is 5.92 Å². The molecule has 0 aromatic heterocycles. The molecule has 0 saturated heterocycles. The lowest BCUT2D eigenvalue weighted by atomic mass is 9.74. The zero-order valence-electron chi connectivity index (χ0n) is 15.2. The molecule has 0 radical (unpaired) electrons. The van der Waals surface area contributed by atoms with Crippen molar-refractivity contribution < 1.29 is 13.6 Å². The monoisotopic (exact) mass is 369 g/mol. The van der Waals surface area contributed by atoms with Crippen molar-refractivity contribution in [2.24, 2.45) is 10.7 Å². The van der Waals surface area contributed by atoms with E-state index < -0.39 is 23.1 Å². The van der Waals surface area contributed by atoms with E-state index in [1.165, 1.54) is 35.4 Å². The molecule has 1 saturated carbocycles. The lowest BCUT2D eigenvalue weighted by Gasteiger charge is -2.41. The van der Waals surface area contributed by atoms with Crippen LogP contribution in [-0.4, -0.2) is 23.8 Å². The summed E-state index contributed by atoms with van der Waals surface area (Å²) in [7, 11) is 1.55. The molecule has 2 aliphatic rings. The number of aliphatic imine (C=N–C) groups is 1. The first-order valence-corrected chi connectivity index (χ1v) is 8.99. The molecular weight excluding hydrogens is 348 g/mol. The molecule has 2 N–H and O–H groups in total. The van der Waals surface area contributed by atoms with Crippen LogP contribution >= 0.6 is 0 Å². The molecule has 0 bridgehead atoms. The van der Waals surface area contributed by atoms with Crippen molar-refractivity contribution in [3.63, 3.8) is 0 Å². The van der Waals surface area contributed by atoms with Gasteiger partial charge in [0, 0.05) is 18.7 Å². The number of nitrogens with zero attached hydrogens (tertiary/aromatic N) is 2. The molecule has 27 heavy (non-hydrogen) atoms.